The quantitative estimate of drug-likeness (QED) is 0.854. The highest BCUT2D eigenvalue weighted by Gasteiger charge is 2.43. The molecule has 1 aliphatic rings. The van der Waals surface area contributed by atoms with Crippen LogP contribution in [0, 0.1) is 5.82 Å². The minimum Gasteiger partial charge on any atom is -0.480 e. The Kier molecular flexibility index (Phi) is 4.76. The molecule has 0 unspecified atom stereocenters. The van der Waals surface area contributed by atoms with Crippen molar-refractivity contribution in [1.82, 2.24) is 20.1 Å². The standard InChI is InChI=1S/C18H21FN4O3/c1-11(2)15-20-14(22-23(15)13-8-4-3-7-12(13)19)16(24)21-18(17(25)26)9-5-6-10-18/h3-4,7-8,11H,5-6,9-10H2,1-2H3,(H,21,24)(H,25,26). The van der Waals surface area contributed by atoms with Gasteiger partial charge in [-0.2, -0.15) is 0 Å². The molecule has 3 rings (SSSR count). The number of amides is 1. The number of carboxylic acids is 1. The molecule has 2 aromatic rings. The second-order valence-corrected chi connectivity index (χ2v) is 6.86. The summed E-state index contributed by atoms with van der Waals surface area (Å²) >= 11 is 0. The fourth-order valence-electron chi connectivity index (χ4n) is 3.24. The van der Waals surface area contributed by atoms with Gasteiger partial charge in [0.2, 0.25) is 5.82 Å². The van der Waals surface area contributed by atoms with Crippen LogP contribution in [0.1, 0.15) is 61.9 Å². The Morgan fingerprint density at radius 3 is 2.50 bits per heavy atom. The number of hydrogen-bond donors (Lipinski definition) is 2. The fourth-order valence-corrected chi connectivity index (χ4v) is 3.24. The van der Waals surface area contributed by atoms with Crippen LogP contribution in [-0.4, -0.2) is 37.3 Å². The van der Waals surface area contributed by atoms with Crippen molar-refractivity contribution in [3.05, 3.63) is 41.7 Å². The Hall–Kier alpha value is -2.77. The van der Waals surface area contributed by atoms with Gasteiger partial charge in [-0.3, -0.25) is 4.79 Å². The van der Waals surface area contributed by atoms with Crippen molar-refractivity contribution in [2.45, 2.75) is 51.0 Å². The second-order valence-electron chi connectivity index (χ2n) is 6.86. The molecule has 1 aromatic carbocycles. The maximum absolute atomic E-state index is 14.2. The van der Waals surface area contributed by atoms with Crippen LogP contribution in [0.4, 0.5) is 4.39 Å². The number of hydrogen-bond acceptors (Lipinski definition) is 4. The Bertz CT molecular complexity index is 841. The number of carbonyl (C=O) groups excluding carboxylic acids is 1. The number of carboxylic acid groups (broad SMARTS) is 1. The first-order chi connectivity index (χ1) is 12.3. The molecule has 0 aliphatic heterocycles. The van der Waals surface area contributed by atoms with Crippen LogP contribution in [0.25, 0.3) is 5.69 Å². The van der Waals surface area contributed by atoms with Gasteiger partial charge in [-0.25, -0.2) is 18.9 Å². The lowest BCUT2D eigenvalue weighted by atomic mass is 9.98. The summed E-state index contributed by atoms with van der Waals surface area (Å²) < 4.78 is 15.5. The van der Waals surface area contributed by atoms with E-state index < -0.39 is 23.2 Å². The van der Waals surface area contributed by atoms with Gasteiger partial charge < -0.3 is 10.4 Å². The minimum absolute atomic E-state index is 0.108. The molecule has 8 heteroatoms. The molecule has 0 spiro atoms. The van der Waals surface area contributed by atoms with E-state index in [1.54, 1.807) is 18.2 Å². The van der Waals surface area contributed by atoms with E-state index in [4.69, 9.17) is 0 Å². The van der Waals surface area contributed by atoms with Crippen molar-refractivity contribution >= 4 is 11.9 Å². The van der Waals surface area contributed by atoms with E-state index in [-0.39, 0.29) is 17.4 Å². The average molecular weight is 360 g/mol. The summed E-state index contributed by atoms with van der Waals surface area (Å²) in [7, 11) is 0. The van der Waals surface area contributed by atoms with Crippen LogP contribution in [-0.2, 0) is 4.79 Å². The average Bonchev–Trinajstić information content (AvgIpc) is 3.23. The van der Waals surface area contributed by atoms with E-state index in [9.17, 15) is 19.1 Å². The lowest BCUT2D eigenvalue weighted by Crippen LogP contribution is -2.52. The number of rotatable bonds is 5. The molecule has 1 amide bonds. The van der Waals surface area contributed by atoms with E-state index in [2.05, 4.69) is 15.4 Å². The highest BCUT2D eigenvalue weighted by Crippen LogP contribution is 2.30. The smallest absolute Gasteiger partial charge is 0.329 e. The van der Waals surface area contributed by atoms with Gasteiger partial charge in [0.1, 0.15) is 22.9 Å². The molecule has 7 nitrogen and oxygen atoms in total. The van der Waals surface area contributed by atoms with Crippen molar-refractivity contribution in [3.63, 3.8) is 0 Å². The molecule has 1 aromatic heterocycles. The van der Waals surface area contributed by atoms with Gasteiger partial charge in [-0.1, -0.05) is 38.8 Å². The first-order valence-corrected chi connectivity index (χ1v) is 8.62. The van der Waals surface area contributed by atoms with E-state index >= 15 is 0 Å². The van der Waals surface area contributed by atoms with Crippen molar-refractivity contribution in [2.24, 2.45) is 0 Å². The van der Waals surface area contributed by atoms with E-state index in [1.807, 2.05) is 13.8 Å². The Morgan fingerprint density at radius 2 is 1.92 bits per heavy atom. The van der Waals surface area contributed by atoms with Crippen LogP contribution < -0.4 is 5.32 Å². The van der Waals surface area contributed by atoms with Crippen molar-refractivity contribution in [2.75, 3.05) is 0 Å². The summed E-state index contributed by atoms with van der Waals surface area (Å²) in [5.74, 6) is -2.04. The molecular weight excluding hydrogens is 339 g/mol. The Morgan fingerprint density at radius 1 is 1.27 bits per heavy atom. The second kappa shape index (κ2) is 6.86. The number of aromatic nitrogens is 3. The zero-order chi connectivity index (χ0) is 18.9. The zero-order valence-electron chi connectivity index (χ0n) is 14.7. The lowest BCUT2D eigenvalue weighted by Gasteiger charge is -2.24. The van der Waals surface area contributed by atoms with Crippen LogP contribution in [0.15, 0.2) is 24.3 Å². The molecule has 26 heavy (non-hydrogen) atoms. The maximum Gasteiger partial charge on any atom is 0.329 e. The molecule has 0 bridgehead atoms. The number of benzene rings is 1. The van der Waals surface area contributed by atoms with E-state index in [0.717, 1.165) is 12.8 Å². The molecule has 0 atom stereocenters. The highest BCUT2D eigenvalue weighted by molar-refractivity contribution is 5.95. The zero-order valence-corrected chi connectivity index (χ0v) is 14.7. The summed E-state index contributed by atoms with van der Waals surface area (Å²) in [4.78, 5) is 28.5. The van der Waals surface area contributed by atoms with Gasteiger partial charge in [0.05, 0.1) is 0 Å². The van der Waals surface area contributed by atoms with Crippen LogP contribution in [0.3, 0.4) is 0 Å². The molecule has 1 saturated carbocycles. The van der Waals surface area contributed by atoms with Gasteiger partial charge >= 0.3 is 5.97 Å². The van der Waals surface area contributed by atoms with Crippen LogP contribution in [0.2, 0.25) is 0 Å². The first-order valence-electron chi connectivity index (χ1n) is 8.62. The number of para-hydroxylation sites is 1. The molecular formula is C18H21FN4O3. The van der Waals surface area contributed by atoms with Gasteiger partial charge in [-0.05, 0) is 25.0 Å². The molecule has 1 aliphatic carbocycles. The lowest BCUT2D eigenvalue weighted by molar-refractivity contribution is -0.144. The predicted octanol–water partition coefficient (Wildman–Crippen LogP) is 2.66. The third-order valence-corrected chi connectivity index (χ3v) is 4.65. The summed E-state index contributed by atoms with van der Waals surface area (Å²) in [6.45, 7) is 3.72. The number of carbonyl (C=O) groups is 2. The summed E-state index contributed by atoms with van der Waals surface area (Å²) in [6.07, 6.45) is 2.22. The normalized spacial score (nSPS) is 16.0. The Balaban J connectivity index is 1.96. The van der Waals surface area contributed by atoms with Gasteiger partial charge in [0.15, 0.2) is 0 Å². The molecule has 1 heterocycles. The van der Waals surface area contributed by atoms with Crippen LogP contribution >= 0.6 is 0 Å². The van der Waals surface area contributed by atoms with Gasteiger partial charge in [-0.15, -0.1) is 5.10 Å². The van der Waals surface area contributed by atoms with Crippen molar-refractivity contribution in [3.8, 4) is 5.69 Å². The van der Waals surface area contributed by atoms with Crippen LogP contribution in [0.5, 0.6) is 0 Å². The number of nitrogens with one attached hydrogen (secondary N) is 1. The maximum atomic E-state index is 14.2. The SMILES string of the molecule is CC(C)c1nc(C(=O)NC2(C(=O)O)CCCC2)nn1-c1ccccc1F. The molecule has 2 N–H and O–H groups in total. The molecule has 138 valence electrons. The van der Waals surface area contributed by atoms with Gasteiger partial charge in [0.25, 0.3) is 5.91 Å². The number of aliphatic carboxylic acids is 1. The Labute approximate surface area is 150 Å². The van der Waals surface area contributed by atoms with E-state index in [0.29, 0.717) is 18.7 Å². The molecule has 0 radical (unpaired) electrons. The molecule has 1 fully saturated rings. The first kappa shape index (κ1) is 18.0. The summed E-state index contributed by atoms with van der Waals surface area (Å²) in [6, 6.07) is 6.09. The van der Waals surface area contributed by atoms with Crippen molar-refractivity contribution in [1.29, 1.82) is 0 Å². The predicted molar refractivity (Wildman–Crippen MR) is 91.7 cm³/mol. The number of nitrogens with zero attached hydrogens (tertiary/aromatic N) is 3. The highest BCUT2D eigenvalue weighted by atomic mass is 19.1. The van der Waals surface area contributed by atoms with Gasteiger partial charge in [0, 0.05) is 5.92 Å². The third-order valence-electron chi connectivity index (χ3n) is 4.65. The minimum atomic E-state index is -1.28. The third kappa shape index (κ3) is 3.18. The summed E-state index contributed by atoms with van der Waals surface area (Å²) in [5, 5.41) is 16.3. The largest absolute Gasteiger partial charge is 0.480 e. The molecule has 0 saturated heterocycles. The number of halogens is 1. The summed E-state index contributed by atoms with van der Waals surface area (Å²) in [5.41, 5.74) is -1.09. The van der Waals surface area contributed by atoms with E-state index in [1.165, 1.54) is 10.7 Å². The fraction of sp³-hybridized carbons (Fsp3) is 0.444. The van der Waals surface area contributed by atoms with Crippen molar-refractivity contribution < 1.29 is 19.1 Å². The topological polar surface area (TPSA) is 97.1 Å². The monoisotopic (exact) mass is 360 g/mol.